The highest BCUT2D eigenvalue weighted by Crippen LogP contribution is 2.42. The number of hydrogen-bond acceptors (Lipinski definition) is 6. The molecule has 160 valence electrons. The lowest BCUT2D eigenvalue weighted by molar-refractivity contribution is -0.114. The number of hydrogen-bond donors (Lipinski definition) is 1. The predicted molar refractivity (Wildman–Crippen MR) is 117 cm³/mol. The first-order chi connectivity index (χ1) is 14.9. The van der Waals surface area contributed by atoms with Crippen LogP contribution in [0, 0.1) is 0 Å². The van der Waals surface area contributed by atoms with E-state index in [0.29, 0.717) is 5.56 Å². The molecule has 0 unspecified atom stereocenters. The Hall–Kier alpha value is -3.20. The number of ether oxygens (including phenoxy) is 1. The number of halogens is 1. The van der Waals surface area contributed by atoms with E-state index in [1.807, 2.05) is 30.3 Å². The third kappa shape index (κ3) is 4.77. The average Bonchev–Trinajstić information content (AvgIpc) is 3.11. The van der Waals surface area contributed by atoms with Gasteiger partial charge >= 0.3 is 11.7 Å². The van der Waals surface area contributed by atoms with E-state index >= 15 is 0 Å². The summed E-state index contributed by atoms with van der Waals surface area (Å²) in [4.78, 5) is 39.5. The van der Waals surface area contributed by atoms with Gasteiger partial charge in [0, 0.05) is 18.4 Å². The van der Waals surface area contributed by atoms with Crippen molar-refractivity contribution in [2.75, 3.05) is 11.9 Å². The minimum atomic E-state index is -1.29. The van der Waals surface area contributed by atoms with Gasteiger partial charge in [0.1, 0.15) is 24.0 Å². The lowest BCUT2D eigenvalue weighted by Gasteiger charge is -2.15. The quantitative estimate of drug-likeness (QED) is 0.609. The van der Waals surface area contributed by atoms with Crippen molar-refractivity contribution in [2.45, 2.75) is 30.1 Å². The molecule has 0 aliphatic carbocycles. The molecule has 0 bridgehead atoms. The van der Waals surface area contributed by atoms with Gasteiger partial charge in [0.25, 0.3) is 0 Å². The van der Waals surface area contributed by atoms with E-state index in [9.17, 15) is 18.8 Å². The summed E-state index contributed by atoms with van der Waals surface area (Å²) < 4.78 is 21.2. The summed E-state index contributed by atoms with van der Waals surface area (Å²) in [5.41, 5.74) is -0.218. The molecule has 0 radical (unpaired) electrons. The smallest absolute Gasteiger partial charge is 0.350 e. The second-order valence-electron chi connectivity index (χ2n) is 7.24. The number of amides is 1. The summed E-state index contributed by atoms with van der Waals surface area (Å²) in [6, 6.07) is 14.5. The fourth-order valence-corrected chi connectivity index (χ4v) is 4.89. The first-order valence-corrected chi connectivity index (χ1v) is 10.7. The van der Waals surface area contributed by atoms with Gasteiger partial charge in [-0.15, -0.1) is 11.8 Å². The number of aromatic nitrogens is 2. The highest BCUT2D eigenvalue weighted by molar-refractivity contribution is 8.00. The molecule has 0 spiro atoms. The van der Waals surface area contributed by atoms with E-state index < -0.39 is 23.2 Å². The van der Waals surface area contributed by atoms with Gasteiger partial charge in [-0.25, -0.2) is 14.0 Å². The Labute approximate surface area is 181 Å². The lowest BCUT2D eigenvalue weighted by atomic mass is 10.1. The molecule has 1 aliphatic heterocycles. The molecule has 9 heteroatoms. The van der Waals surface area contributed by atoms with Crippen LogP contribution in [0.4, 0.5) is 10.2 Å². The van der Waals surface area contributed by atoms with Crippen LogP contribution >= 0.6 is 11.8 Å². The minimum Gasteiger partial charge on any atom is -0.461 e. The number of nitrogens with one attached hydrogen (secondary N) is 1. The topological polar surface area (TPSA) is 90.3 Å². The van der Waals surface area contributed by atoms with Gasteiger partial charge in [0.2, 0.25) is 5.91 Å². The Morgan fingerprint density at radius 2 is 2.00 bits per heavy atom. The summed E-state index contributed by atoms with van der Waals surface area (Å²) in [7, 11) is 0. The minimum absolute atomic E-state index is 0.0411. The van der Waals surface area contributed by atoms with Gasteiger partial charge in [-0.2, -0.15) is 4.98 Å². The van der Waals surface area contributed by atoms with E-state index in [2.05, 4.69) is 10.3 Å². The number of benzene rings is 2. The summed E-state index contributed by atoms with van der Waals surface area (Å²) >= 11 is 1.23. The molecule has 2 heterocycles. The fourth-order valence-electron chi connectivity index (χ4n) is 3.48. The van der Waals surface area contributed by atoms with Gasteiger partial charge in [-0.05, 0) is 35.4 Å². The number of nitrogens with zero attached hydrogens (tertiary/aromatic N) is 2. The van der Waals surface area contributed by atoms with Gasteiger partial charge in [-0.1, -0.05) is 30.3 Å². The van der Waals surface area contributed by atoms with Crippen molar-refractivity contribution in [1.82, 2.24) is 9.55 Å². The summed E-state index contributed by atoms with van der Waals surface area (Å²) in [6.45, 7) is 1.35. The van der Waals surface area contributed by atoms with Crippen LogP contribution < -0.4 is 11.0 Å². The normalized spacial score (nSPS) is 20.5. The molecule has 7 nitrogen and oxygen atoms in total. The molecule has 3 aromatic rings. The number of anilines is 1. The molecule has 1 aliphatic rings. The van der Waals surface area contributed by atoms with E-state index in [0.717, 1.165) is 10.8 Å². The van der Waals surface area contributed by atoms with Crippen LogP contribution in [0.15, 0.2) is 59.5 Å². The summed E-state index contributed by atoms with van der Waals surface area (Å²) in [5, 5.41) is 3.33. The van der Waals surface area contributed by atoms with Crippen LogP contribution in [0.2, 0.25) is 0 Å². The number of thioether (sulfide) groups is 1. The van der Waals surface area contributed by atoms with E-state index in [1.54, 1.807) is 12.1 Å². The standard InChI is InChI=1S/C22H20FN3O4S/c1-13(27)24-19-8-9-26(22(29)25-19)20-18(23)11-17(31-20)12-30-21(28)16-7-6-14-4-2-3-5-15(14)10-16/h2-10,17-18,20H,11-12H2,1H3,(H,24,25,27,29)/t17-,18-,20+/m0/s1. The van der Waals surface area contributed by atoms with Crippen molar-refractivity contribution in [2.24, 2.45) is 0 Å². The zero-order valence-electron chi connectivity index (χ0n) is 16.7. The average molecular weight is 441 g/mol. The molecule has 4 rings (SSSR count). The van der Waals surface area contributed by atoms with Gasteiger partial charge in [-0.3, -0.25) is 9.36 Å². The molecule has 1 N–H and O–H groups in total. The van der Waals surface area contributed by atoms with Crippen LogP contribution in [-0.4, -0.2) is 39.5 Å². The molecule has 1 fully saturated rings. The molecular formula is C22H20FN3O4S. The predicted octanol–water partition coefficient (Wildman–Crippen LogP) is 3.55. The largest absolute Gasteiger partial charge is 0.461 e. The zero-order chi connectivity index (χ0) is 22.0. The third-order valence-corrected chi connectivity index (χ3v) is 6.44. The van der Waals surface area contributed by atoms with Crippen LogP contribution in [-0.2, 0) is 9.53 Å². The molecule has 1 aromatic heterocycles. The van der Waals surface area contributed by atoms with E-state index in [1.165, 1.54) is 35.5 Å². The highest BCUT2D eigenvalue weighted by Gasteiger charge is 2.37. The number of alkyl halides is 1. The summed E-state index contributed by atoms with van der Waals surface area (Å²) in [6.07, 6.45) is 0.273. The Balaban J connectivity index is 1.39. The summed E-state index contributed by atoms with van der Waals surface area (Å²) in [5.74, 6) is -0.701. The number of fused-ring (bicyclic) bond motifs is 1. The van der Waals surface area contributed by atoms with Crippen molar-refractivity contribution in [3.63, 3.8) is 0 Å². The second-order valence-corrected chi connectivity index (χ2v) is 8.67. The first-order valence-electron chi connectivity index (χ1n) is 9.73. The number of rotatable bonds is 5. The van der Waals surface area contributed by atoms with E-state index in [4.69, 9.17) is 4.74 Å². The monoisotopic (exact) mass is 441 g/mol. The van der Waals surface area contributed by atoms with Crippen molar-refractivity contribution in [1.29, 1.82) is 0 Å². The number of esters is 1. The van der Waals surface area contributed by atoms with E-state index in [-0.39, 0.29) is 30.0 Å². The van der Waals surface area contributed by atoms with Crippen LogP contribution in [0.1, 0.15) is 29.1 Å². The number of carbonyl (C=O) groups excluding carboxylic acids is 2. The van der Waals surface area contributed by atoms with Crippen molar-refractivity contribution < 1.29 is 18.7 Å². The van der Waals surface area contributed by atoms with Crippen LogP contribution in [0.5, 0.6) is 0 Å². The molecule has 3 atom stereocenters. The maximum atomic E-state index is 14.6. The molecular weight excluding hydrogens is 421 g/mol. The molecule has 1 amide bonds. The van der Waals surface area contributed by atoms with Crippen molar-refractivity contribution in [3.8, 4) is 0 Å². The Kier molecular flexibility index (Phi) is 6.03. The van der Waals surface area contributed by atoms with Crippen molar-refractivity contribution in [3.05, 3.63) is 70.8 Å². The van der Waals surface area contributed by atoms with Crippen molar-refractivity contribution >= 4 is 40.2 Å². The number of carbonyl (C=O) groups is 2. The van der Waals surface area contributed by atoms with Gasteiger partial charge in [0.05, 0.1) is 5.56 Å². The maximum absolute atomic E-state index is 14.6. The Morgan fingerprint density at radius 3 is 2.74 bits per heavy atom. The highest BCUT2D eigenvalue weighted by atomic mass is 32.2. The maximum Gasteiger partial charge on any atom is 0.350 e. The SMILES string of the molecule is CC(=O)Nc1ccn([C@@H]2S[C@H](COC(=O)c3ccc4ccccc4c3)C[C@@H]2F)c(=O)n1. The van der Waals surface area contributed by atoms with Gasteiger partial charge in [0.15, 0.2) is 0 Å². The Morgan fingerprint density at radius 1 is 1.23 bits per heavy atom. The molecule has 1 saturated heterocycles. The van der Waals surface area contributed by atoms with Crippen LogP contribution in [0.3, 0.4) is 0 Å². The fraction of sp³-hybridized carbons (Fsp3) is 0.273. The Bertz CT molecular complexity index is 1200. The third-order valence-electron chi connectivity index (χ3n) is 4.92. The van der Waals surface area contributed by atoms with Gasteiger partial charge < -0.3 is 10.1 Å². The molecule has 2 aromatic carbocycles. The zero-order valence-corrected chi connectivity index (χ0v) is 17.5. The van der Waals surface area contributed by atoms with Crippen LogP contribution in [0.25, 0.3) is 10.8 Å². The molecule has 31 heavy (non-hydrogen) atoms. The first kappa shape index (κ1) is 21.0. The second kappa shape index (κ2) is 8.89. The lowest BCUT2D eigenvalue weighted by Crippen LogP contribution is -2.28. The molecule has 0 saturated carbocycles.